The number of carbonyl (C=O) groups excluding carboxylic acids is 3. The molecule has 1 aromatic rings. The standard InChI is InChI=1S/C18H22N2O4/c1-4-19-18(23)12(2)24-17(22)11-16-15-8-6-5-7-14(15)9-10-20(16)13(3)21/h5-10,12,16H,4,11H2,1-3H3,(H,19,23)/t12-,16-/m1/s1. The third kappa shape index (κ3) is 4.01. The lowest BCUT2D eigenvalue weighted by Crippen LogP contribution is -2.37. The molecule has 0 fully saturated rings. The Morgan fingerprint density at radius 3 is 2.67 bits per heavy atom. The molecule has 1 aromatic carbocycles. The number of ether oxygens (including phenoxy) is 1. The molecule has 0 aliphatic carbocycles. The van der Waals surface area contributed by atoms with Gasteiger partial charge in [-0.05, 0) is 31.1 Å². The van der Waals surface area contributed by atoms with Gasteiger partial charge in [0.25, 0.3) is 5.91 Å². The highest BCUT2D eigenvalue weighted by Gasteiger charge is 2.29. The van der Waals surface area contributed by atoms with Crippen molar-refractivity contribution in [3.05, 3.63) is 41.6 Å². The van der Waals surface area contributed by atoms with E-state index in [4.69, 9.17) is 4.74 Å². The molecule has 6 nitrogen and oxygen atoms in total. The Balaban J connectivity index is 2.13. The van der Waals surface area contributed by atoms with E-state index in [1.165, 1.54) is 18.7 Å². The number of nitrogens with one attached hydrogen (secondary N) is 1. The molecule has 2 amide bonds. The fourth-order valence-electron chi connectivity index (χ4n) is 2.69. The molecule has 128 valence electrons. The number of likely N-dealkylation sites (N-methyl/N-ethyl adjacent to an activating group) is 1. The molecular weight excluding hydrogens is 308 g/mol. The Morgan fingerprint density at radius 1 is 1.29 bits per heavy atom. The maximum atomic E-state index is 12.2. The molecule has 1 aliphatic rings. The number of esters is 1. The van der Waals surface area contributed by atoms with Crippen molar-refractivity contribution in [1.82, 2.24) is 10.2 Å². The number of carbonyl (C=O) groups is 3. The van der Waals surface area contributed by atoms with Crippen molar-refractivity contribution in [2.75, 3.05) is 6.54 Å². The van der Waals surface area contributed by atoms with Gasteiger partial charge in [-0.25, -0.2) is 0 Å². The number of amides is 2. The molecule has 0 bridgehead atoms. The van der Waals surface area contributed by atoms with Crippen molar-refractivity contribution in [2.45, 2.75) is 39.3 Å². The van der Waals surface area contributed by atoms with Crippen molar-refractivity contribution in [3.8, 4) is 0 Å². The highest BCUT2D eigenvalue weighted by Crippen LogP contribution is 2.33. The summed E-state index contributed by atoms with van der Waals surface area (Å²) in [5.74, 6) is -1.01. The molecule has 6 heteroatoms. The van der Waals surface area contributed by atoms with Crippen molar-refractivity contribution in [3.63, 3.8) is 0 Å². The minimum atomic E-state index is -0.863. The number of rotatable bonds is 5. The second kappa shape index (κ2) is 7.77. The highest BCUT2D eigenvalue weighted by molar-refractivity contribution is 5.84. The maximum Gasteiger partial charge on any atom is 0.309 e. The second-order valence-corrected chi connectivity index (χ2v) is 5.62. The van der Waals surface area contributed by atoms with Crippen molar-refractivity contribution in [1.29, 1.82) is 0 Å². The Morgan fingerprint density at radius 2 is 2.00 bits per heavy atom. The van der Waals surface area contributed by atoms with Crippen LogP contribution in [0.1, 0.15) is 44.4 Å². The summed E-state index contributed by atoms with van der Waals surface area (Å²) < 4.78 is 5.20. The predicted molar refractivity (Wildman–Crippen MR) is 89.6 cm³/mol. The molecule has 24 heavy (non-hydrogen) atoms. The van der Waals surface area contributed by atoms with Gasteiger partial charge in [-0.15, -0.1) is 0 Å². The Bertz CT molecular complexity index is 669. The quantitative estimate of drug-likeness (QED) is 0.838. The molecule has 2 rings (SSSR count). The van der Waals surface area contributed by atoms with Gasteiger partial charge in [0.2, 0.25) is 5.91 Å². The smallest absolute Gasteiger partial charge is 0.309 e. The maximum absolute atomic E-state index is 12.2. The minimum Gasteiger partial charge on any atom is -0.452 e. The number of fused-ring (bicyclic) bond motifs is 1. The fourth-order valence-corrected chi connectivity index (χ4v) is 2.69. The van der Waals surface area contributed by atoms with E-state index in [2.05, 4.69) is 5.32 Å². The van der Waals surface area contributed by atoms with Crippen LogP contribution in [0.15, 0.2) is 30.5 Å². The normalized spacial score (nSPS) is 17.0. The summed E-state index contributed by atoms with van der Waals surface area (Å²) >= 11 is 0. The lowest BCUT2D eigenvalue weighted by atomic mass is 9.94. The van der Waals surface area contributed by atoms with Crippen LogP contribution >= 0.6 is 0 Å². The molecule has 0 radical (unpaired) electrons. The van der Waals surface area contributed by atoms with Gasteiger partial charge in [-0.2, -0.15) is 0 Å². The zero-order valence-corrected chi connectivity index (χ0v) is 14.1. The molecular formula is C18H22N2O4. The van der Waals surface area contributed by atoms with Gasteiger partial charge in [0.05, 0.1) is 12.5 Å². The average molecular weight is 330 g/mol. The summed E-state index contributed by atoms with van der Waals surface area (Å²) in [5, 5.41) is 2.61. The van der Waals surface area contributed by atoms with E-state index in [9.17, 15) is 14.4 Å². The van der Waals surface area contributed by atoms with E-state index in [0.29, 0.717) is 6.54 Å². The van der Waals surface area contributed by atoms with E-state index >= 15 is 0 Å². The van der Waals surface area contributed by atoms with Crippen molar-refractivity contribution >= 4 is 23.9 Å². The number of hydrogen-bond donors (Lipinski definition) is 1. The molecule has 0 aromatic heterocycles. The first kappa shape index (κ1) is 17.7. The van der Waals surface area contributed by atoms with E-state index in [0.717, 1.165) is 11.1 Å². The SMILES string of the molecule is CCNC(=O)[C@@H](C)OC(=O)C[C@@H]1c2ccccc2C=CN1C(C)=O. The van der Waals surface area contributed by atoms with Gasteiger partial charge in [0, 0.05) is 19.7 Å². The summed E-state index contributed by atoms with van der Waals surface area (Å²) in [6.07, 6.45) is 2.65. The van der Waals surface area contributed by atoms with Crippen LogP contribution in [0.5, 0.6) is 0 Å². The van der Waals surface area contributed by atoms with Gasteiger partial charge in [-0.3, -0.25) is 14.4 Å². The average Bonchev–Trinajstić information content (AvgIpc) is 2.54. The van der Waals surface area contributed by atoms with Gasteiger partial charge >= 0.3 is 5.97 Å². The van der Waals surface area contributed by atoms with E-state index < -0.39 is 18.1 Å². The first-order chi connectivity index (χ1) is 11.4. The number of hydrogen-bond acceptors (Lipinski definition) is 4. The number of benzene rings is 1. The Labute approximate surface area is 141 Å². The zero-order valence-electron chi connectivity index (χ0n) is 14.1. The first-order valence-corrected chi connectivity index (χ1v) is 7.97. The van der Waals surface area contributed by atoms with E-state index in [1.807, 2.05) is 30.3 Å². The monoisotopic (exact) mass is 330 g/mol. The first-order valence-electron chi connectivity index (χ1n) is 7.97. The molecule has 0 saturated carbocycles. The van der Waals surface area contributed by atoms with Crippen LogP contribution in [0, 0.1) is 0 Å². The topological polar surface area (TPSA) is 75.7 Å². The van der Waals surface area contributed by atoms with Crippen molar-refractivity contribution in [2.24, 2.45) is 0 Å². The second-order valence-electron chi connectivity index (χ2n) is 5.62. The predicted octanol–water partition coefficient (Wildman–Crippen LogP) is 2.02. The molecule has 1 heterocycles. The van der Waals surface area contributed by atoms with Gasteiger partial charge in [0.15, 0.2) is 6.10 Å². The van der Waals surface area contributed by atoms with Crippen LogP contribution in [0.2, 0.25) is 0 Å². The summed E-state index contributed by atoms with van der Waals surface area (Å²) in [6.45, 7) is 5.25. The minimum absolute atomic E-state index is 0.00925. The highest BCUT2D eigenvalue weighted by atomic mass is 16.5. The lowest BCUT2D eigenvalue weighted by Gasteiger charge is -2.32. The Hall–Kier alpha value is -2.63. The van der Waals surface area contributed by atoms with Gasteiger partial charge in [-0.1, -0.05) is 24.3 Å². The Kier molecular flexibility index (Phi) is 5.73. The summed E-state index contributed by atoms with van der Waals surface area (Å²) in [5.41, 5.74) is 1.85. The summed E-state index contributed by atoms with van der Waals surface area (Å²) in [6, 6.07) is 7.15. The zero-order chi connectivity index (χ0) is 17.7. The third-order valence-corrected chi connectivity index (χ3v) is 3.86. The largest absolute Gasteiger partial charge is 0.452 e. The molecule has 0 saturated heterocycles. The molecule has 2 atom stereocenters. The fraction of sp³-hybridized carbons (Fsp3) is 0.389. The van der Waals surface area contributed by atoms with Crippen LogP contribution in [0.3, 0.4) is 0 Å². The molecule has 1 aliphatic heterocycles. The van der Waals surface area contributed by atoms with E-state index in [1.54, 1.807) is 13.1 Å². The van der Waals surface area contributed by atoms with Crippen molar-refractivity contribution < 1.29 is 19.1 Å². The van der Waals surface area contributed by atoms with Crippen LogP contribution in [-0.4, -0.2) is 35.3 Å². The molecule has 0 unspecified atom stereocenters. The van der Waals surface area contributed by atoms with Crippen LogP contribution in [-0.2, 0) is 19.1 Å². The van der Waals surface area contributed by atoms with Gasteiger partial charge in [0.1, 0.15) is 0 Å². The lowest BCUT2D eigenvalue weighted by molar-refractivity contribution is -0.156. The summed E-state index contributed by atoms with van der Waals surface area (Å²) in [4.78, 5) is 37.3. The van der Waals surface area contributed by atoms with Crippen LogP contribution in [0.4, 0.5) is 0 Å². The summed E-state index contributed by atoms with van der Waals surface area (Å²) in [7, 11) is 0. The molecule has 1 N–H and O–H groups in total. The van der Waals surface area contributed by atoms with Crippen LogP contribution in [0.25, 0.3) is 6.08 Å². The van der Waals surface area contributed by atoms with Crippen LogP contribution < -0.4 is 5.32 Å². The number of nitrogens with zero attached hydrogens (tertiary/aromatic N) is 1. The molecule has 0 spiro atoms. The van der Waals surface area contributed by atoms with E-state index in [-0.39, 0.29) is 18.2 Å². The van der Waals surface area contributed by atoms with Gasteiger partial charge < -0.3 is 15.0 Å². The third-order valence-electron chi connectivity index (χ3n) is 3.86.